The van der Waals surface area contributed by atoms with Crippen LogP contribution in [0.3, 0.4) is 0 Å². The smallest absolute Gasteiger partial charge is 0.408 e. The lowest BCUT2D eigenvalue weighted by molar-refractivity contribution is 0.0505. The van der Waals surface area contributed by atoms with Gasteiger partial charge in [0.2, 0.25) is 0 Å². The Labute approximate surface area is 148 Å². The molecule has 0 rings (SSSR count). The predicted molar refractivity (Wildman–Crippen MR) is 99.8 cm³/mol. The standard InChI is InChI=1S/C16H29BrN4O2/c1-8-14(20-15(22)23-16(5,6)7)10-21(12(3)17)13(4)19-11-18-9-2/h8,11,13-14H,1,3,9-10H2,2,4-7H3,(H,18,19)(H,20,22). The van der Waals surface area contributed by atoms with E-state index in [-0.39, 0.29) is 12.2 Å². The van der Waals surface area contributed by atoms with Crippen molar-refractivity contribution in [2.45, 2.75) is 52.4 Å². The zero-order valence-corrected chi connectivity index (χ0v) is 16.3. The Morgan fingerprint density at radius 2 is 2.09 bits per heavy atom. The average molecular weight is 389 g/mol. The molecule has 0 saturated carbocycles. The van der Waals surface area contributed by atoms with Gasteiger partial charge in [-0.1, -0.05) is 12.7 Å². The van der Waals surface area contributed by atoms with Crippen LogP contribution in [-0.2, 0) is 4.74 Å². The molecule has 1 amide bonds. The monoisotopic (exact) mass is 388 g/mol. The maximum atomic E-state index is 11.9. The third-order valence-corrected chi connectivity index (χ3v) is 3.20. The number of carbonyl (C=O) groups is 1. The highest BCUT2D eigenvalue weighted by molar-refractivity contribution is 9.11. The Balaban J connectivity index is 4.75. The molecule has 0 spiro atoms. The molecule has 2 unspecified atom stereocenters. The molecule has 2 atom stereocenters. The van der Waals surface area contributed by atoms with E-state index < -0.39 is 11.7 Å². The largest absolute Gasteiger partial charge is 0.444 e. The summed E-state index contributed by atoms with van der Waals surface area (Å²) >= 11 is 3.39. The third kappa shape index (κ3) is 9.99. The summed E-state index contributed by atoms with van der Waals surface area (Å²) in [6.07, 6.45) is 2.80. The second-order valence-electron chi connectivity index (χ2n) is 5.99. The lowest BCUT2D eigenvalue weighted by atomic mass is 10.2. The minimum Gasteiger partial charge on any atom is -0.444 e. The van der Waals surface area contributed by atoms with Crippen molar-refractivity contribution >= 4 is 28.4 Å². The molecule has 0 aromatic heterocycles. The lowest BCUT2D eigenvalue weighted by Gasteiger charge is -2.33. The first-order chi connectivity index (χ1) is 10.6. The number of hydrogen-bond donors (Lipinski definition) is 2. The highest BCUT2D eigenvalue weighted by Gasteiger charge is 2.21. The number of halogens is 1. The Hall–Kier alpha value is -1.50. The normalized spacial score (nSPS) is 14.0. The van der Waals surface area contributed by atoms with E-state index in [2.05, 4.69) is 44.7 Å². The summed E-state index contributed by atoms with van der Waals surface area (Å²) in [6.45, 7) is 18.3. The summed E-state index contributed by atoms with van der Waals surface area (Å²) in [5, 5.41) is 5.94. The fraction of sp³-hybridized carbons (Fsp3) is 0.625. The van der Waals surface area contributed by atoms with Crippen LogP contribution < -0.4 is 10.6 Å². The van der Waals surface area contributed by atoms with E-state index in [0.717, 1.165) is 0 Å². The van der Waals surface area contributed by atoms with Crippen molar-refractivity contribution in [3.63, 3.8) is 0 Å². The first-order valence-electron chi connectivity index (χ1n) is 7.58. The SMILES string of the molecule is C=CC(CN(C(=C)Br)C(C)NC=NCC)NC(=O)OC(C)(C)C. The van der Waals surface area contributed by atoms with Crippen LogP contribution >= 0.6 is 15.9 Å². The fourth-order valence-electron chi connectivity index (χ4n) is 1.66. The van der Waals surface area contributed by atoms with Crippen LogP contribution in [0.15, 0.2) is 28.8 Å². The van der Waals surface area contributed by atoms with Crippen LogP contribution in [0.5, 0.6) is 0 Å². The van der Waals surface area contributed by atoms with Crippen LogP contribution in [-0.4, -0.2) is 48.2 Å². The summed E-state index contributed by atoms with van der Waals surface area (Å²) in [5.74, 6) is 0. The van der Waals surface area contributed by atoms with Crippen molar-refractivity contribution < 1.29 is 9.53 Å². The molecule has 0 fully saturated rings. The Kier molecular flexibility index (Phi) is 9.64. The van der Waals surface area contributed by atoms with E-state index in [0.29, 0.717) is 17.7 Å². The van der Waals surface area contributed by atoms with E-state index in [1.54, 1.807) is 12.4 Å². The summed E-state index contributed by atoms with van der Waals surface area (Å²) in [5.41, 5.74) is -0.542. The van der Waals surface area contributed by atoms with Crippen molar-refractivity contribution in [3.05, 3.63) is 23.8 Å². The molecule has 0 aliphatic rings. The summed E-state index contributed by atoms with van der Waals surface area (Å²) < 4.78 is 5.96. The van der Waals surface area contributed by atoms with Gasteiger partial charge >= 0.3 is 6.09 Å². The van der Waals surface area contributed by atoms with Crippen molar-refractivity contribution in [1.29, 1.82) is 0 Å². The van der Waals surface area contributed by atoms with Gasteiger partial charge in [-0.05, 0) is 50.5 Å². The molecule has 23 heavy (non-hydrogen) atoms. The van der Waals surface area contributed by atoms with E-state index >= 15 is 0 Å². The quantitative estimate of drug-likeness (QED) is 0.209. The van der Waals surface area contributed by atoms with Gasteiger partial charge in [-0.25, -0.2) is 4.79 Å². The van der Waals surface area contributed by atoms with Crippen molar-refractivity contribution in [2.75, 3.05) is 13.1 Å². The first-order valence-corrected chi connectivity index (χ1v) is 8.37. The van der Waals surface area contributed by atoms with Gasteiger partial charge in [0.15, 0.2) is 0 Å². The number of nitrogens with one attached hydrogen (secondary N) is 2. The maximum absolute atomic E-state index is 11.9. The van der Waals surface area contributed by atoms with Gasteiger partial charge in [0.25, 0.3) is 0 Å². The molecule has 7 heteroatoms. The average Bonchev–Trinajstić information content (AvgIpc) is 2.40. The van der Waals surface area contributed by atoms with Crippen molar-refractivity contribution in [1.82, 2.24) is 15.5 Å². The molecule has 0 aliphatic heterocycles. The first kappa shape index (κ1) is 21.5. The summed E-state index contributed by atoms with van der Waals surface area (Å²) in [6, 6.07) is -0.286. The molecular formula is C16H29BrN4O2. The number of hydrogen-bond acceptors (Lipinski definition) is 4. The molecule has 6 nitrogen and oxygen atoms in total. The third-order valence-electron chi connectivity index (χ3n) is 2.75. The molecule has 132 valence electrons. The second kappa shape index (κ2) is 10.3. The van der Waals surface area contributed by atoms with Gasteiger partial charge in [-0.3, -0.25) is 4.99 Å². The van der Waals surface area contributed by atoms with Gasteiger partial charge in [0.1, 0.15) is 5.60 Å². The lowest BCUT2D eigenvalue weighted by Crippen LogP contribution is -2.49. The molecule has 0 bridgehead atoms. The van der Waals surface area contributed by atoms with E-state index in [1.165, 1.54) is 0 Å². The van der Waals surface area contributed by atoms with E-state index in [4.69, 9.17) is 4.74 Å². The minimum absolute atomic E-state index is 0.0555. The molecule has 0 aromatic rings. The molecule has 0 heterocycles. The summed E-state index contributed by atoms with van der Waals surface area (Å²) in [7, 11) is 0. The minimum atomic E-state index is -0.542. The van der Waals surface area contributed by atoms with Crippen molar-refractivity contribution in [2.24, 2.45) is 4.99 Å². The highest BCUT2D eigenvalue weighted by atomic mass is 79.9. The Morgan fingerprint density at radius 3 is 2.52 bits per heavy atom. The Morgan fingerprint density at radius 1 is 1.48 bits per heavy atom. The maximum Gasteiger partial charge on any atom is 0.408 e. The number of rotatable bonds is 9. The topological polar surface area (TPSA) is 66.0 Å². The number of carbonyl (C=O) groups excluding carboxylic acids is 1. The molecule has 2 N–H and O–H groups in total. The zero-order chi connectivity index (χ0) is 18.0. The van der Waals surface area contributed by atoms with Gasteiger partial charge in [-0.2, -0.15) is 0 Å². The molecule has 0 aromatic carbocycles. The van der Waals surface area contributed by atoms with Crippen LogP contribution in [0.1, 0.15) is 34.6 Å². The van der Waals surface area contributed by atoms with Crippen LogP contribution in [0, 0.1) is 0 Å². The van der Waals surface area contributed by atoms with Crippen LogP contribution in [0.2, 0.25) is 0 Å². The molecule has 0 saturated heterocycles. The molecular weight excluding hydrogens is 360 g/mol. The number of aliphatic imine (C=N–C) groups is 1. The molecule has 0 radical (unpaired) electrons. The van der Waals surface area contributed by atoms with Gasteiger partial charge < -0.3 is 20.3 Å². The predicted octanol–water partition coefficient (Wildman–Crippen LogP) is 3.22. The number of ether oxygens (including phenoxy) is 1. The second-order valence-corrected chi connectivity index (χ2v) is 6.90. The van der Waals surface area contributed by atoms with Gasteiger partial charge in [-0.15, -0.1) is 6.58 Å². The Bertz CT molecular complexity index is 432. The number of amides is 1. The van der Waals surface area contributed by atoms with Crippen LogP contribution in [0.25, 0.3) is 0 Å². The number of nitrogens with zero attached hydrogens (tertiary/aromatic N) is 2. The van der Waals surface area contributed by atoms with Gasteiger partial charge in [0.05, 0.1) is 23.2 Å². The van der Waals surface area contributed by atoms with Crippen molar-refractivity contribution in [3.8, 4) is 0 Å². The summed E-state index contributed by atoms with van der Waals surface area (Å²) in [4.78, 5) is 18.0. The zero-order valence-electron chi connectivity index (χ0n) is 14.7. The highest BCUT2D eigenvalue weighted by Crippen LogP contribution is 2.14. The molecule has 0 aliphatic carbocycles. The fourth-order valence-corrected chi connectivity index (χ4v) is 2.11. The van der Waals surface area contributed by atoms with Gasteiger partial charge in [0, 0.05) is 13.1 Å². The number of alkyl carbamates (subject to hydrolysis) is 1. The van der Waals surface area contributed by atoms with E-state index in [1.807, 2.05) is 39.5 Å². The van der Waals surface area contributed by atoms with Crippen LogP contribution in [0.4, 0.5) is 4.79 Å². The van der Waals surface area contributed by atoms with E-state index in [9.17, 15) is 4.79 Å².